The van der Waals surface area contributed by atoms with Gasteiger partial charge in [-0.05, 0) is 68.7 Å². The van der Waals surface area contributed by atoms with Crippen LogP contribution in [0.2, 0.25) is 0 Å². The van der Waals surface area contributed by atoms with Crippen molar-refractivity contribution in [3.05, 3.63) is 95.0 Å². The summed E-state index contributed by atoms with van der Waals surface area (Å²) in [7, 11) is -2.85. The van der Waals surface area contributed by atoms with Crippen LogP contribution >= 0.6 is 11.3 Å². The molecule has 1 unspecified atom stereocenters. The highest BCUT2D eigenvalue weighted by Gasteiger charge is 2.35. The Balaban J connectivity index is 1.40. The molecule has 1 aliphatic heterocycles. The molecular formula is C33H28F2N6O3S2. The second-order valence-corrected chi connectivity index (χ2v) is 14.4. The minimum absolute atomic E-state index is 0.209. The zero-order valence-corrected chi connectivity index (χ0v) is 26.7. The topological polar surface area (TPSA) is 118 Å². The number of benzene rings is 3. The second-order valence-electron chi connectivity index (χ2n) is 11.4. The van der Waals surface area contributed by atoms with Gasteiger partial charge in [-0.1, -0.05) is 23.4 Å². The lowest BCUT2D eigenvalue weighted by Gasteiger charge is -2.35. The van der Waals surface area contributed by atoms with Gasteiger partial charge in [-0.15, -0.1) is 11.3 Å². The predicted molar refractivity (Wildman–Crippen MR) is 173 cm³/mol. The van der Waals surface area contributed by atoms with Gasteiger partial charge in [0.05, 0.1) is 38.2 Å². The van der Waals surface area contributed by atoms with Crippen LogP contribution in [0.3, 0.4) is 0 Å². The Morgan fingerprint density at radius 3 is 2.46 bits per heavy atom. The number of fused-ring (bicyclic) bond motifs is 1. The normalized spacial score (nSPS) is 16.7. The number of carbonyl (C=O) groups is 1. The van der Waals surface area contributed by atoms with E-state index in [0.717, 1.165) is 40.0 Å². The minimum atomic E-state index is -2.85. The molecule has 1 fully saturated rings. The van der Waals surface area contributed by atoms with Crippen molar-refractivity contribution in [3.8, 4) is 27.5 Å². The third-order valence-electron chi connectivity index (χ3n) is 8.21. The summed E-state index contributed by atoms with van der Waals surface area (Å²) in [5, 5.41) is 6.60. The fraction of sp³-hybridized carbons (Fsp3) is 0.212. The summed E-state index contributed by atoms with van der Waals surface area (Å²) in [5.74, 6) is -1.01. The average molecular weight is 659 g/mol. The van der Waals surface area contributed by atoms with E-state index in [0.29, 0.717) is 45.7 Å². The third kappa shape index (κ3) is 5.18. The van der Waals surface area contributed by atoms with Crippen molar-refractivity contribution in [1.82, 2.24) is 19.7 Å². The average Bonchev–Trinajstić information content (AvgIpc) is 3.74. The van der Waals surface area contributed by atoms with Gasteiger partial charge in [0.1, 0.15) is 11.6 Å². The van der Waals surface area contributed by atoms with Crippen molar-refractivity contribution < 1.29 is 22.3 Å². The summed E-state index contributed by atoms with van der Waals surface area (Å²) in [6.07, 6.45) is 2.80. The molecule has 0 bridgehead atoms. The number of hydrogen-bond donors (Lipinski definition) is 1. The molecule has 0 radical (unpaired) electrons. The van der Waals surface area contributed by atoms with Crippen LogP contribution in [0.4, 0.5) is 14.5 Å². The van der Waals surface area contributed by atoms with Crippen molar-refractivity contribution in [2.24, 2.45) is 0 Å². The predicted octanol–water partition coefficient (Wildman–Crippen LogP) is 7.99. The fourth-order valence-electron chi connectivity index (χ4n) is 6.03. The lowest BCUT2D eigenvalue weighted by molar-refractivity contribution is -0.120. The Kier molecular flexibility index (Phi) is 7.32. The smallest absolute Gasteiger partial charge is 0.227 e. The quantitative estimate of drug-likeness (QED) is 0.194. The van der Waals surface area contributed by atoms with Crippen LogP contribution < -0.4 is 4.90 Å². The molecule has 3 aromatic heterocycles. The second kappa shape index (κ2) is 11.2. The van der Waals surface area contributed by atoms with E-state index in [1.165, 1.54) is 28.6 Å². The largest absolute Gasteiger partial charge is 0.361 e. The number of thiazole rings is 1. The summed E-state index contributed by atoms with van der Waals surface area (Å²) in [6, 6.07) is 15.7. The van der Waals surface area contributed by atoms with Crippen LogP contribution in [0.25, 0.3) is 38.5 Å². The first-order chi connectivity index (χ1) is 22.0. The molecule has 13 heteroatoms. The fourth-order valence-corrected chi connectivity index (χ4v) is 7.54. The van der Waals surface area contributed by atoms with Gasteiger partial charge in [-0.2, -0.15) is 0 Å². The van der Waals surface area contributed by atoms with Crippen LogP contribution in [0.5, 0.6) is 0 Å². The molecule has 7 rings (SSSR count). The van der Waals surface area contributed by atoms with Crippen molar-refractivity contribution in [3.63, 3.8) is 0 Å². The van der Waals surface area contributed by atoms with Crippen LogP contribution in [-0.4, -0.2) is 36.1 Å². The van der Waals surface area contributed by atoms with E-state index in [4.69, 9.17) is 19.3 Å². The molecule has 0 aliphatic carbocycles. The Hall–Kier alpha value is -4.75. The Bertz CT molecular complexity index is 2240. The zero-order chi connectivity index (χ0) is 32.3. The van der Waals surface area contributed by atoms with Gasteiger partial charge in [0.15, 0.2) is 16.8 Å². The van der Waals surface area contributed by atoms with E-state index < -0.39 is 27.4 Å². The monoisotopic (exact) mass is 658 g/mol. The van der Waals surface area contributed by atoms with Crippen LogP contribution in [0.1, 0.15) is 42.6 Å². The molecule has 234 valence electrons. The Morgan fingerprint density at radius 2 is 1.76 bits per heavy atom. The van der Waals surface area contributed by atoms with E-state index in [-0.39, 0.29) is 18.0 Å². The Labute approximate surface area is 267 Å². The first-order valence-corrected chi connectivity index (χ1v) is 17.4. The first-order valence-electron chi connectivity index (χ1n) is 14.5. The molecular weight excluding hydrogens is 631 g/mol. The molecule has 1 saturated heterocycles. The highest BCUT2D eigenvalue weighted by Crippen LogP contribution is 2.40. The van der Waals surface area contributed by atoms with Crippen LogP contribution in [0, 0.1) is 30.3 Å². The molecule has 2 atom stereocenters. The summed E-state index contributed by atoms with van der Waals surface area (Å²) in [5.41, 5.74) is 5.63. The van der Waals surface area contributed by atoms with Crippen LogP contribution in [0.15, 0.2) is 75.5 Å². The summed E-state index contributed by atoms with van der Waals surface area (Å²) < 4.78 is 55.7. The van der Waals surface area contributed by atoms with Crippen molar-refractivity contribution >= 4 is 43.7 Å². The van der Waals surface area contributed by atoms with Crippen molar-refractivity contribution in [2.45, 2.75) is 44.0 Å². The van der Waals surface area contributed by atoms with Gasteiger partial charge in [-0.25, -0.2) is 27.7 Å². The number of amides is 1. The number of halogens is 2. The summed E-state index contributed by atoms with van der Waals surface area (Å²) in [4.78, 5) is 25.4. The van der Waals surface area contributed by atoms with Crippen LogP contribution in [-0.2, 0) is 14.5 Å². The number of imidazole rings is 1. The lowest BCUT2D eigenvalue weighted by Crippen LogP contribution is -2.39. The molecule has 46 heavy (non-hydrogen) atoms. The number of aryl methyl sites for hydroxylation is 2. The number of anilines is 1. The van der Waals surface area contributed by atoms with E-state index in [2.05, 4.69) is 5.16 Å². The zero-order valence-electron chi connectivity index (χ0n) is 25.1. The molecule has 1 aliphatic rings. The number of piperidine rings is 1. The number of aromatic nitrogens is 4. The van der Waals surface area contributed by atoms with E-state index in [9.17, 15) is 17.8 Å². The maximum Gasteiger partial charge on any atom is 0.227 e. The molecule has 0 spiro atoms. The number of carbonyl (C=O) groups excluding carboxylic acids is 1. The maximum atomic E-state index is 14.4. The maximum absolute atomic E-state index is 14.4. The van der Waals surface area contributed by atoms with Gasteiger partial charge >= 0.3 is 0 Å². The van der Waals surface area contributed by atoms with Gasteiger partial charge in [0, 0.05) is 45.8 Å². The molecule has 9 nitrogen and oxygen atoms in total. The van der Waals surface area contributed by atoms with Gasteiger partial charge in [-0.3, -0.25) is 9.36 Å². The van der Waals surface area contributed by atoms with Gasteiger partial charge in [0.25, 0.3) is 0 Å². The number of nitrogens with one attached hydrogen (secondary N) is 1. The van der Waals surface area contributed by atoms with Crippen molar-refractivity contribution in [1.29, 1.82) is 4.78 Å². The lowest BCUT2D eigenvalue weighted by atomic mass is 9.99. The first kappa shape index (κ1) is 29.9. The highest BCUT2D eigenvalue weighted by atomic mass is 32.2. The summed E-state index contributed by atoms with van der Waals surface area (Å²) >= 11 is 1.39. The molecule has 1 N–H and O–H groups in total. The number of nitrogens with zero attached hydrogens (tertiary/aromatic N) is 5. The molecule has 3 aromatic carbocycles. The van der Waals surface area contributed by atoms with E-state index in [1.807, 2.05) is 42.0 Å². The molecule has 4 heterocycles. The molecule has 6 aromatic rings. The van der Waals surface area contributed by atoms with Crippen molar-refractivity contribution in [2.75, 3.05) is 11.2 Å². The highest BCUT2D eigenvalue weighted by molar-refractivity contribution is 7.91. The number of hydrogen-bond acceptors (Lipinski definition) is 8. The standard InChI is InChI=1S/C33H28F2N6O3S2/c1-18-31(19(2)44-39-18)21-9-14-28-26(15-21)37-32(29-5-4-6-30(42)40(29)22-10-13-24(34)25(35)16-22)41(28)33-38-27(17-45-33)20-7-11-23(12-8-20)46(3,36)43/h7-17,29,36H,4-6H2,1-3H3/t29-,46?/m0/s1. The van der Waals surface area contributed by atoms with Gasteiger partial charge < -0.3 is 9.42 Å². The SMILES string of the molecule is Cc1noc(C)c1-c1ccc2c(c1)nc([C@@H]1CCCC(=O)N1c1ccc(F)c(F)c1)n2-c1nc(-c2ccc(S(C)(=N)=O)cc2)cs1. The molecule has 0 saturated carbocycles. The van der Waals surface area contributed by atoms with Gasteiger partial charge in [0.2, 0.25) is 5.91 Å². The third-order valence-corrected chi connectivity index (χ3v) is 10.2. The van der Waals surface area contributed by atoms with E-state index in [1.54, 1.807) is 24.3 Å². The molecule has 1 amide bonds. The summed E-state index contributed by atoms with van der Waals surface area (Å²) in [6.45, 7) is 3.73. The number of rotatable bonds is 6. The Morgan fingerprint density at radius 1 is 1.00 bits per heavy atom. The minimum Gasteiger partial charge on any atom is -0.361 e. The van der Waals surface area contributed by atoms with E-state index >= 15 is 0 Å².